The number of anilines is 1. The molecule has 0 aliphatic carbocycles. The molecule has 0 aliphatic rings. The average Bonchev–Trinajstić information content (AvgIpc) is 3.27. The Hall–Kier alpha value is -2.90. The number of carbonyl (C=O) groups excluding carboxylic acids is 2. The predicted molar refractivity (Wildman–Crippen MR) is 121 cm³/mol. The summed E-state index contributed by atoms with van der Waals surface area (Å²) >= 11 is 7.95. The lowest BCUT2D eigenvalue weighted by Crippen LogP contribution is -2.35. The van der Waals surface area contributed by atoms with Gasteiger partial charge in [-0.3, -0.25) is 9.59 Å². The van der Waals surface area contributed by atoms with Gasteiger partial charge in [-0.15, -0.1) is 11.8 Å². The number of halogens is 1. The van der Waals surface area contributed by atoms with Crippen LogP contribution in [-0.2, 0) is 4.79 Å². The van der Waals surface area contributed by atoms with E-state index in [1.54, 1.807) is 19.2 Å². The number of rotatable bonds is 7. The highest BCUT2D eigenvalue weighted by Gasteiger charge is 2.21. The number of hydrogen-bond donors (Lipinski definition) is 1. The first-order valence-corrected chi connectivity index (χ1v) is 10.7. The molecule has 156 valence electrons. The summed E-state index contributed by atoms with van der Waals surface area (Å²) in [4.78, 5) is 27.8. The van der Waals surface area contributed by atoms with E-state index < -0.39 is 0 Å². The van der Waals surface area contributed by atoms with Crippen LogP contribution in [0.5, 0.6) is 5.75 Å². The normalized spacial score (nSPS) is 10.5. The molecule has 3 aromatic rings. The number of para-hydroxylation sites is 1. The highest BCUT2D eigenvalue weighted by atomic mass is 35.5. The highest BCUT2D eigenvalue weighted by molar-refractivity contribution is 7.98. The van der Waals surface area contributed by atoms with Crippen molar-refractivity contribution in [1.82, 2.24) is 9.47 Å². The minimum absolute atomic E-state index is 0.109. The van der Waals surface area contributed by atoms with Crippen molar-refractivity contribution in [1.29, 1.82) is 0 Å². The van der Waals surface area contributed by atoms with Crippen LogP contribution in [0.3, 0.4) is 0 Å². The van der Waals surface area contributed by atoms with Gasteiger partial charge in [0.05, 0.1) is 35.6 Å². The summed E-state index contributed by atoms with van der Waals surface area (Å²) in [6, 6.07) is 14.5. The van der Waals surface area contributed by atoms with E-state index in [0.29, 0.717) is 27.7 Å². The molecule has 0 atom stereocenters. The lowest BCUT2D eigenvalue weighted by Gasteiger charge is -2.20. The van der Waals surface area contributed by atoms with E-state index in [1.165, 1.54) is 23.8 Å². The van der Waals surface area contributed by atoms with Crippen LogP contribution in [-0.4, -0.2) is 48.2 Å². The van der Waals surface area contributed by atoms with E-state index in [1.807, 2.05) is 59.6 Å². The minimum atomic E-state index is -0.360. The van der Waals surface area contributed by atoms with Gasteiger partial charge >= 0.3 is 0 Å². The maximum absolute atomic E-state index is 13.0. The zero-order valence-electron chi connectivity index (χ0n) is 16.9. The van der Waals surface area contributed by atoms with Gasteiger partial charge in [0.15, 0.2) is 0 Å². The third kappa shape index (κ3) is 4.80. The number of benzene rings is 2. The van der Waals surface area contributed by atoms with Crippen molar-refractivity contribution >= 4 is 40.9 Å². The van der Waals surface area contributed by atoms with Gasteiger partial charge < -0.3 is 19.5 Å². The fourth-order valence-corrected chi connectivity index (χ4v) is 3.82. The smallest absolute Gasteiger partial charge is 0.257 e. The Labute approximate surface area is 184 Å². The number of likely N-dealkylation sites (N-methyl/N-ethyl adjacent to an activating group) is 1. The fraction of sp³-hybridized carbons (Fsp3) is 0.182. The topological polar surface area (TPSA) is 63.6 Å². The quantitative estimate of drug-likeness (QED) is 0.543. The Morgan fingerprint density at radius 3 is 2.53 bits per heavy atom. The molecule has 0 fully saturated rings. The van der Waals surface area contributed by atoms with Crippen molar-refractivity contribution < 1.29 is 14.3 Å². The maximum Gasteiger partial charge on any atom is 0.257 e. The molecule has 0 bridgehead atoms. The van der Waals surface area contributed by atoms with Crippen molar-refractivity contribution in [2.75, 3.05) is 32.3 Å². The van der Waals surface area contributed by atoms with Gasteiger partial charge in [0.25, 0.3) is 5.91 Å². The van der Waals surface area contributed by atoms with Crippen LogP contribution in [0, 0.1) is 0 Å². The molecule has 3 rings (SSSR count). The summed E-state index contributed by atoms with van der Waals surface area (Å²) in [7, 11) is 3.06. The lowest BCUT2D eigenvalue weighted by atomic mass is 10.1. The number of nitrogens with zero attached hydrogens (tertiary/aromatic N) is 2. The summed E-state index contributed by atoms with van der Waals surface area (Å²) in [6.07, 6.45) is 5.64. The first kappa shape index (κ1) is 21.8. The van der Waals surface area contributed by atoms with E-state index in [2.05, 4.69) is 5.32 Å². The summed E-state index contributed by atoms with van der Waals surface area (Å²) in [5, 5.41) is 3.26. The van der Waals surface area contributed by atoms with E-state index in [4.69, 9.17) is 16.3 Å². The molecule has 6 nitrogen and oxygen atoms in total. The molecule has 1 N–H and O–H groups in total. The summed E-state index contributed by atoms with van der Waals surface area (Å²) in [6.45, 7) is -0.109. The number of hydrogen-bond acceptors (Lipinski definition) is 4. The number of nitrogens with one attached hydrogen (secondary N) is 1. The van der Waals surface area contributed by atoms with E-state index in [-0.39, 0.29) is 18.4 Å². The predicted octanol–water partition coefficient (Wildman–Crippen LogP) is 4.57. The molecule has 0 spiro atoms. The monoisotopic (exact) mass is 443 g/mol. The Balaban J connectivity index is 1.77. The van der Waals surface area contributed by atoms with Gasteiger partial charge in [-0.05, 0) is 36.6 Å². The Morgan fingerprint density at radius 1 is 1.17 bits per heavy atom. The summed E-state index contributed by atoms with van der Waals surface area (Å²) < 4.78 is 7.25. The van der Waals surface area contributed by atoms with E-state index >= 15 is 0 Å². The van der Waals surface area contributed by atoms with E-state index in [0.717, 1.165) is 4.90 Å². The van der Waals surface area contributed by atoms with Crippen LogP contribution in [0.1, 0.15) is 10.4 Å². The number of thioether (sulfide) groups is 1. The van der Waals surface area contributed by atoms with Crippen molar-refractivity contribution in [3.63, 3.8) is 0 Å². The zero-order chi connectivity index (χ0) is 21.7. The number of carbonyl (C=O) groups is 2. The molecule has 0 radical (unpaired) electrons. The molecular weight excluding hydrogens is 422 g/mol. The average molecular weight is 444 g/mol. The third-order valence-corrected chi connectivity index (χ3v) is 5.59. The molecule has 1 heterocycles. The van der Waals surface area contributed by atoms with Gasteiger partial charge in [-0.2, -0.15) is 0 Å². The van der Waals surface area contributed by atoms with Crippen LogP contribution in [0.25, 0.3) is 5.69 Å². The number of aromatic nitrogens is 1. The van der Waals surface area contributed by atoms with Crippen LogP contribution in [0.2, 0.25) is 5.02 Å². The number of amides is 2. The minimum Gasteiger partial charge on any atom is -0.496 e. The molecular formula is C22H22ClN3O3S. The second-order valence-electron chi connectivity index (χ2n) is 6.50. The molecule has 30 heavy (non-hydrogen) atoms. The van der Waals surface area contributed by atoms with Gasteiger partial charge in [0.2, 0.25) is 5.91 Å². The molecule has 1 aromatic heterocycles. The summed E-state index contributed by atoms with van der Waals surface area (Å²) in [5.74, 6) is -0.268. The number of ether oxygens (including phenoxy) is 1. The fourth-order valence-electron chi connectivity index (χ4n) is 3.00. The van der Waals surface area contributed by atoms with Crippen LogP contribution < -0.4 is 10.1 Å². The van der Waals surface area contributed by atoms with Gasteiger partial charge in [-0.1, -0.05) is 23.7 Å². The molecule has 0 aliphatic heterocycles. The molecule has 2 amide bonds. The van der Waals surface area contributed by atoms with Gasteiger partial charge in [-0.25, -0.2) is 0 Å². The molecule has 8 heteroatoms. The van der Waals surface area contributed by atoms with Crippen LogP contribution in [0.15, 0.2) is 65.8 Å². The van der Waals surface area contributed by atoms with Crippen LogP contribution in [0.4, 0.5) is 5.69 Å². The van der Waals surface area contributed by atoms with Gasteiger partial charge in [0.1, 0.15) is 5.75 Å². The van der Waals surface area contributed by atoms with Crippen molar-refractivity contribution in [2.24, 2.45) is 0 Å². The Morgan fingerprint density at radius 2 is 1.87 bits per heavy atom. The third-order valence-electron chi connectivity index (χ3n) is 4.49. The van der Waals surface area contributed by atoms with Gasteiger partial charge in [0, 0.05) is 30.4 Å². The highest BCUT2D eigenvalue weighted by Crippen LogP contribution is 2.31. The van der Waals surface area contributed by atoms with Crippen molar-refractivity contribution in [3.8, 4) is 11.4 Å². The maximum atomic E-state index is 13.0. The lowest BCUT2D eigenvalue weighted by molar-refractivity contribution is -0.116. The number of methoxy groups -OCH3 is 1. The SMILES string of the molecule is COc1cc(-n2cccc2)c(Cl)cc1C(=O)N(C)CC(=O)Nc1ccccc1SC. The second kappa shape index (κ2) is 9.73. The standard InChI is InChI=1S/C22H22ClN3O3S/c1-25(14-21(27)24-17-8-4-5-9-20(17)30-3)22(28)15-12-16(23)18(13-19(15)29-2)26-10-6-7-11-26/h4-13H,14H2,1-3H3,(H,24,27). The Bertz CT molecular complexity index is 1050. The molecule has 0 saturated carbocycles. The van der Waals surface area contributed by atoms with Crippen LogP contribution >= 0.6 is 23.4 Å². The van der Waals surface area contributed by atoms with Crippen molar-refractivity contribution in [2.45, 2.75) is 4.90 Å². The first-order valence-electron chi connectivity index (χ1n) is 9.13. The molecule has 2 aromatic carbocycles. The zero-order valence-corrected chi connectivity index (χ0v) is 18.5. The molecule has 0 unspecified atom stereocenters. The largest absolute Gasteiger partial charge is 0.496 e. The van der Waals surface area contributed by atoms with E-state index in [9.17, 15) is 9.59 Å². The summed E-state index contributed by atoms with van der Waals surface area (Å²) in [5.41, 5.74) is 1.70. The van der Waals surface area contributed by atoms with Crippen molar-refractivity contribution in [3.05, 3.63) is 71.5 Å². The Kier molecular flexibility index (Phi) is 7.07. The second-order valence-corrected chi connectivity index (χ2v) is 7.76. The molecule has 0 saturated heterocycles. The first-order chi connectivity index (χ1) is 14.4.